The fourth-order valence-corrected chi connectivity index (χ4v) is 1.42. The van der Waals surface area contributed by atoms with E-state index in [9.17, 15) is 4.79 Å². The van der Waals surface area contributed by atoms with E-state index >= 15 is 0 Å². The largest absolute Gasteiger partial charge is 0.480 e. The summed E-state index contributed by atoms with van der Waals surface area (Å²) in [5.41, 5.74) is 0. The summed E-state index contributed by atoms with van der Waals surface area (Å²) in [4.78, 5) is 12.4. The summed E-state index contributed by atoms with van der Waals surface area (Å²) < 4.78 is 0. The lowest BCUT2D eigenvalue weighted by atomic mass is 10.2. The van der Waals surface area contributed by atoms with Crippen LogP contribution in [0.4, 0.5) is 5.82 Å². The van der Waals surface area contributed by atoms with Crippen LogP contribution in [-0.4, -0.2) is 34.4 Å². The molecule has 0 atom stereocenters. The molecule has 1 N–H and O–H groups in total. The number of aromatic nitrogens is 2. The van der Waals surface area contributed by atoms with Crippen molar-refractivity contribution in [3.8, 4) is 0 Å². The SMILES string of the molecule is CC(C)CN(CC(=O)O)c1ccc(Cl)nn1. The van der Waals surface area contributed by atoms with Crippen molar-refractivity contribution in [3.05, 3.63) is 17.3 Å². The van der Waals surface area contributed by atoms with E-state index < -0.39 is 5.97 Å². The highest BCUT2D eigenvalue weighted by molar-refractivity contribution is 6.29. The molecule has 0 bridgehead atoms. The molecule has 0 radical (unpaired) electrons. The van der Waals surface area contributed by atoms with E-state index in [2.05, 4.69) is 10.2 Å². The van der Waals surface area contributed by atoms with Crippen LogP contribution in [-0.2, 0) is 4.79 Å². The molecular weight excluding hydrogens is 230 g/mol. The summed E-state index contributed by atoms with van der Waals surface area (Å²) in [5.74, 6) is -0.0188. The Bertz CT molecular complexity index is 354. The Labute approximate surface area is 99.0 Å². The fourth-order valence-electron chi connectivity index (χ4n) is 1.32. The Morgan fingerprint density at radius 1 is 1.50 bits per heavy atom. The Hall–Kier alpha value is -1.36. The number of carbonyl (C=O) groups is 1. The van der Waals surface area contributed by atoms with Crippen LogP contribution >= 0.6 is 11.6 Å². The zero-order valence-corrected chi connectivity index (χ0v) is 9.98. The molecule has 1 aromatic heterocycles. The van der Waals surface area contributed by atoms with E-state index in [-0.39, 0.29) is 6.54 Å². The van der Waals surface area contributed by atoms with Gasteiger partial charge in [0, 0.05) is 6.54 Å². The number of hydrogen-bond acceptors (Lipinski definition) is 4. The van der Waals surface area contributed by atoms with Gasteiger partial charge in [-0.2, -0.15) is 0 Å². The average Bonchev–Trinajstić information content (AvgIpc) is 2.16. The van der Waals surface area contributed by atoms with Gasteiger partial charge in [0.05, 0.1) is 0 Å². The van der Waals surface area contributed by atoms with E-state index in [0.717, 1.165) is 0 Å². The van der Waals surface area contributed by atoms with Crippen molar-refractivity contribution >= 4 is 23.4 Å². The van der Waals surface area contributed by atoms with Crippen LogP contribution in [0.3, 0.4) is 0 Å². The van der Waals surface area contributed by atoms with Gasteiger partial charge in [-0.1, -0.05) is 25.4 Å². The van der Waals surface area contributed by atoms with E-state index in [0.29, 0.717) is 23.4 Å². The first kappa shape index (κ1) is 12.7. The molecule has 0 aliphatic heterocycles. The van der Waals surface area contributed by atoms with Crippen LogP contribution < -0.4 is 4.90 Å². The Balaban J connectivity index is 2.82. The van der Waals surface area contributed by atoms with Gasteiger partial charge in [0.15, 0.2) is 11.0 Å². The molecule has 0 saturated heterocycles. The van der Waals surface area contributed by atoms with E-state index in [1.807, 2.05) is 13.8 Å². The predicted octanol–water partition coefficient (Wildman–Crippen LogP) is 1.68. The molecule has 0 amide bonds. The first-order valence-electron chi connectivity index (χ1n) is 4.95. The second kappa shape index (κ2) is 5.65. The van der Waals surface area contributed by atoms with Crippen molar-refractivity contribution in [3.63, 3.8) is 0 Å². The lowest BCUT2D eigenvalue weighted by molar-refractivity contribution is -0.135. The van der Waals surface area contributed by atoms with E-state index in [1.54, 1.807) is 17.0 Å². The topological polar surface area (TPSA) is 66.3 Å². The molecule has 0 spiro atoms. The zero-order valence-electron chi connectivity index (χ0n) is 9.22. The normalized spacial score (nSPS) is 10.5. The molecule has 5 nitrogen and oxygen atoms in total. The van der Waals surface area contributed by atoms with Gasteiger partial charge in [-0.15, -0.1) is 10.2 Å². The first-order chi connectivity index (χ1) is 7.49. The third-order valence-electron chi connectivity index (χ3n) is 1.85. The molecule has 0 aliphatic rings. The molecular formula is C10H14ClN3O2. The number of carboxylic acids is 1. The van der Waals surface area contributed by atoms with Gasteiger partial charge in [0.1, 0.15) is 6.54 Å². The molecule has 1 rings (SSSR count). The van der Waals surface area contributed by atoms with Gasteiger partial charge in [-0.3, -0.25) is 4.79 Å². The average molecular weight is 244 g/mol. The first-order valence-corrected chi connectivity index (χ1v) is 5.33. The maximum atomic E-state index is 10.7. The van der Waals surface area contributed by atoms with Gasteiger partial charge in [0.2, 0.25) is 0 Å². The number of halogens is 1. The number of carboxylic acid groups (broad SMARTS) is 1. The smallest absolute Gasteiger partial charge is 0.323 e. The molecule has 0 saturated carbocycles. The number of nitrogens with zero attached hydrogens (tertiary/aromatic N) is 3. The Morgan fingerprint density at radius 3 is 2.62 bits per heavy atom. The molecule has 0 aliphatic carbocycles. The molecule has 1 aromatic rings. The summed E-state index contributed by atoms with van der Waals surface area (Å²) in [6.07, 6.45) is 0. The number of anilines is 1. The molecule has 1 heterocycles. The van der Waals surface area contributed by atoms with Gasteiger partial charge in [-0.25, -0.2) is 0 Å². The van der Waals surface area contributed by atoms with Crippen molar-refractivity contribution in [1.82, 2.24) is 10.2 Å². The Kier molecular flexibility index (Phi) is 4.49. The quantitative estimate of drug-likeness (QED) is 0.852. The minimum Gasteiger partial charge on any atom is -0.480 e. The van der Waals surface area contributed by atoms with Crippen LogP contribution in [0.1, 0.15) is 13.8 Å². The fraction of sp³-hybridized carbons (Fsp3) is 0.500. The number of hydrogen-bond donors (Lipinski definition) is 1. The minimum atomic E-state index is -0.891. The standard InChI is InChI=1S/C10H14ClN3O2/c1-7(2)5-14(6-10(15)16)9-4-3-8(11)12-13-9/h3-4,7H,5-6H2,1-2H3,(H,15,16). The molecule has 0 aromatic carbocycles. The van der Waals surface area contributed by atoms with Crippen molar-refractivity contribution in [2.24, 2.45) is 5.92 Å². The van der Waals surface area contributed by atoms with Gasteiger partial charge < -0.3 is 10.0 Å². The van der Waals surface area contributed by atoms with Crippen molar-refractivity contribution < 1.29 is 9.90 Å². The summed E-state index contributed by atoms with van der Waals surface area (Å²) in [6.45, 7) is 4.55. The Morgan fingerprint density at radius 2 is 2.19 bits per heavy atom. The van der Waals surface area contributed by atoms with Crippen LogP contribution in [0.2, 0.25) is 5.15 Å². The van der Waals surface area contributed by atoms with Crippen molar-refractivity contribution in [2.75, 3.05) is 18.0 Å². The van der Waals surface area contributed by atoms with Gasteiger partial charge in [-0.05, 0) is 18.1 Å². The summed E-state index contributed by atoms with van der Waals surface area (Å²) in [5, 5.41) is 16.7. The predicted molar refractivity (Wildman–Crippen MR) is 61.7 cm³/mol. The lowest BCUT2D eigenvalue weighted by Gasteiger charge is -2.22. The summed E-state index contributed by atoms with van der Waals surface area (Å²) in [7, 11) is 0. The number of rotatable bonds is 5. The maximum Gasteiger partial charge on any atom is 0.323 e. The van der Waals surface area contributed by atoms with Crippen molar-refractivity contribution in [1.29, 1.82) is 0 Å². The van der Waals surface area contributed by atoms with E-state index in [1.165, 1.54) is 0 Å². The molecule has 88 valence electrons. The van der Waals surface area contributed by atoms with Crippen LogP contribution in [0, 0.1) is 5.92 Å². The molecule has 16 heavy (non-hydrogen) atoms. The van der Waals surface area contributed by atoms with Crippen molar-refractivity contribution in [2.45, 2.75) is 13.8 Å². The highest BCUT2D eigenvalue weighted by Crippen LogP contribution is 2.13. The molecule has 0 unspecified atom stereocenters. The highest BCUT2D eigenvalue weighted by atomic mass is 35.5. The van der Waals surface area contributed by atoms with Crippen LogP contribution in [0.25, 0.3) is 0 Å². The summed E-state index contributed by atoms with van der Waals surface area (Å²) in [6, 6.07) is 3.26. The molecule has 6 heteroatoms. The van der Waals surface area contributed by atoms with Crippen LogP contribution in [0.5, 0.6) is 0 Å². The lowest BCUT2D eigenvalue weighted by Crippen LogP contribution is -2.33. The second-order valence-electron chi connectivity index (χ2n) is 3.88. The summed E-state index contributed by atoms with van der Waals surface area (Å²) >= 11 is 5.62. The highest BCUT2D eigenvalue weighted by Gasteiger charge is 2.13. The van der Waals surface area contributed by atoms with Crippen LogP contribution in [0.15, 0.2) is 12.1 Å². The second-order valence-corrected chi connectivity index (χ2v) is 4.27. The zero-order chi connectivity index (χ0) is 12.1. The third-order valence-corrected chi connectivity index (χ3v) is 2.06. The molecule has 0 fully saturated rings. The minimum absolute atomic E-state index is 0.0888. The maximum absolute atomic E-state index is 10.7. The van der Waals surface area contributed by atoms with E-state index in [4.69, 9.17) is 16.7 Å². The van der Waals surface area contributed by atoms with Gasteiger partial charge >= 0.3 is 5.97 Å². The van der Waals surface area contributed by atoms with Gasteiger partial charge in [0.25, 0.3) is 0 Å². The monoisotopic (exact) mass is 243 g/mol. The third kappa shape index (κ3) is 4.02. The number of aliphatic carboxylic acids is 1.